The van der Waals surface area contributed by atoms with Gasteiger partial charge in [0, 0.05) is 5.69 Å². The second-order valence-electron chi connectivity index (χ2n) is 9.46. The SMILES string of the molecule is CCCCCCCCOc1ccccc1C(=O)Nc1ccc(S(=O)(=O)NCC[N+](C)(CC)CC)cc1. The highest BCUT2D eigenvalue weighted by Crippen LogP contribution is 2.21. The van der Waals surface area contributed by atoms with Crippen molar-refractivity contribution in [1.82, 2.24) is 4.72 Å². The Morgan fingerprint density at radius 1 is 0.889 bits per heavy atom. The van der Waals surface area contributed by atoms with Crippen molar-refractivity contribution in [2.24, 2.45) is 0 Å². The number of benzene rings is 2. The first kappa shape index (κ1) is 29.8. The summed E-state index contributed by atoms with van der Waals surface area (Å²) in [5.74, 6) is 0.259. The van der Waals surface area contributed by atoms with Crippen molar-refractivity contribution >= 4 is 21.6 Å². The van der Waals surface area contributed by atoms with E-state index in [4.69, 9.17) is 4.74 Å². The number of nitrogens with zero attached hydrogens (tertiary/aromatic N) is 1. The minimum atomic E-state index is -3.62. The van der Waals surface area contributed by atoms with Crippen molar-refractivity contribution in [3.63, 3.8) is 0 Å². The predicted molar refractivity (Wildman–Crippen MR) is 147 cm³/mol. The molecule has 36 heavy (non-hydrogen) atoms. The zero-order valence-electron chi connectivity index (χ0n) is 22.4. The van der Waals surface area contributed by atoms with Gasteiger partial charge in [0.2, 0.25) is 10.0 Å². The number of quaternary nitrogens is 1. The maximum absolute atomic E-state index is 12.9. The molecule has 0 saturated heterocycles. The van der Waals surface area contributed by atoms with Crippen LogP contribution >= 0.6 is 0 Å². The van der Waals surface area contributed by atoms with Crippen molar-refractivity contribution in [2.75, 3.05) is 45.2 Å². The van der Waals surface area contributed by atoms with Gasteiger partial charge in [-0.25, -0.2) is 13.1 Å². The standard InChI is InChI=1S/C28H43N3O4S/c1-5-8-9-10-11-14-23-35-27-16-13-12-15-26(27)28(32)30-24-17-19-25(20-18-24)36(33,34)29-21-22-31(4,6-2)7-3/h12-13,15-20,29H,5-11,14,21-23H2,1-4H3/p+1. The largest absolute Gasteiger partial charge is 0.493 e. The molecule has 2 rings (SSSR count). The van der Waals surface area contributed by atoms with Crippen LogP contribution in [0.4, 0.5) is 5.69 Å². The molecule has 0 bridgehead atoms. The van der Waals surface area contributed by atoms with E-state index in [-0.39, 0.29) is 10.8 Å². The number of carbonyl (C=O) groups is 1. The molecule has 0 aliphatic heterocycles. The first-order valence-corrected chi connectivity index (χ1v) is 14.7. The number of unbranched alkanes of at least 4 members (excludes halogenated alkanes) is 5. The Labute approximate surface area is 217 Å². The van der Waals surface area contributed by atoms with E-state index in [0.29, 0.717) is 30.2 Å². The first-order valence-electron chi connectivity index (χ1n) is 13.2. The molecule has 0 fully saturated rings. The lowest BCUT2D eigenvalue weighted by Gasteiger charge is -2.32. The second-order valence-corrected chi connectivity index (χ2v) is 11.2. The van der Waals surface area contributed by atoms with Crippen LogP contribution in [0.25, 0.3) is 0 Å². The normalized spacial score (nSPS) is 11.9. The molecule has 1 amide bonds. The number of rotatable bonds is 17. The molecule has 0 unspecified atom stereocenters. The highest BCUT2D eigenvalue weighted by Gasteiger charge is 2.19. The number of para-hydroxylation sites is 1. The summed E-state index contributed by atoms with van der Waals surface area (Å²) in [5.41, 5.74) is 0.973. The van der Waals surface area contributed by atoms with Gasteiger partial charge < -0.3 is 14.5 Å². The lowest BCUT2D eigenvalue weighted by atomic mass is 10.1. The second kappa shape index (κ2) is 15.0. The highest BCUT2D eigenvalue weighted by molar-refractivity contribution is 7.89. The smallest absolute Gasteiger partial charge is 0.259 e. The van der Waals surface area contributed by atoms with E-state index in [2.05, 4.69) is 37.9 Å². The van der Waals surface area contributed by atoms with Crippen LogP contribution in [0.2, 0.25) is 0 Å². The fraction of sp³-hybridized carbons (Fsp3) is 0.536. The first-order chi connectivity index (χ1) is 17.2. The number of sulfonamides is 1. The summed E-state index contributed by atoms with van der Waals surface area (Å²) in [6.45, 7) is 9.96. The van der Waals surface area contributed by atoms with Crippen LogP contribution < -0.4 is 14.8 Å². The Balaban J connectivity index is 1.92. The minimum Gasteiger partial charge on any atom is -0.493 e. The maximum Gasteiger partial charge on any atom is 0.259 e. The lowest BCUT2D eigenvalue weighted by molar-refractivity contribution is -0.904. The molecule has 0 atom stereocenters. The molecule has 0 heterocycles. The Morgan fingerprint density at radius 3 is 2.19 bits per heavy atom. The Bertz CT molecular complexity index is 1040. The van der Waals surface area contributed by atoms with Gasteiger partial charge in [-0.15, -0.1) is 0 Å². The summed E-state index contributed by atoms with van der Waals surface area (Å²) in [5, 5.41) is 2.84. The van der Waals surface area contributed by atoms with E-state index in [1.165, 1.54) is 37.8 Å². The summed E-state index contributed by atoms with van der Waals surface area (Å²) >= 11 is 0. The lowest BCUT2D eigenvalue weighted by Crippen LogP contribution is -2.48. The molecule has 7 nitrogen and oxygen atoms in total. The summed E-state index contributed by atoms with van der Waals surface area (Å²) in [4.78, 5) is 13.1. The molecule has 0 saturated carbocycles. The molecule has 2 aromatic carbocycles. The van der Waals surface area contributed by atoms with Crippen molar-refractivity contribution in [3.05, 3.63) is 54.1 Å². The zero-order valence-corrected chi connectivity index (χ0v) is 23.2. The van der Waals surface area contributed by atoms with Crippen molar-refractivity contribution in [1.29, 1.82) is 0 Å². The van der Waals surface area contributed by atoms with Gasteiger partial charge in [0.05, 0.1) is 50.3 Å². The molecule has 2 N–H and O–H groups in total. The van der Waals surface area contributed by atoms with Gasteiger partial charge in [0.25, 0.3) is 5.91 Å². The van der Waals surface area contributed by atoms with Crippen LogP contribution in [0.5, 0.6) is 5.75 Å². The van der Waals surface area contributed by atoms with Gasteiger partial charge in [-0.05, 0) is 56.7 Å². The van der Waals surface area contributed by atoms with Gasteiger partial charge in [-0.2, -0.15) is 0 Å². The third-order valence-electron chi connectivity index (χ3n) is 6.78. The van der Waals surface area contributed by atoms with Gasteiger partial charge in [-0.1, -0.05) is 51.2 Å². The third kappa shape index (κ3) is 9.56. The highest BCUT2D eigenvalue weighted by atomic mass is 32.2. The average Bonchev–Trinajstić information content (AvgIpc) is 2.88. The molecule has 0 aromatic heterocycles. The molecular weight excluding hydrogens is 474 g/mol. The summed E-state index contributed by atoms with van der Waals surface area (Å²) in [6, 6.07) is 13.4. The van der Waals surface area contributed by atoms with E-state index >= 15 is 0 Å². The van der Waals surface area contributed by atoms with Crippen LogP contribution in [0.3, 0.4) is 0 Å². The number of hydrogen-bond acceptors (Lipinski definition) is 4. The molecule has 200 valence electrons. The van der Waals surface area contributed by atoms with Crippen LogP contribution in [0.15, 0.2) is 53.4 Å². The Morgan fingerprint density at radius 2 is 1.53 bits per heavy atom. The molecule has 0 spiro atoms. The predicted octanol–water partition coefficient (Wildman–Crippen LogP) is 5.44. The summed E-state index contributed by atoms with van der Waals surface area (Å²) in [7, 11) is -1.50. The van der Waals surface area contributed by atoms with Crippen molar-refractivity contribution in [3.8, 4) is 5.75 Å². The third-order valence-corrected chi connectivity index (χ3v) is 8.26. The van der Waals surface area contributed by atoms with Crippen LogP contribution in [0, 0.1) is 0 Å². The van der Waals surface area contributed by atoms with Crippen LogP contribution in [-0.2, 0) is 10.0 Å². The molecule has 0 aliphatic rings. The molecule has 0 radical (unpaired) electrons. The quantitative estimate of drug-likeness (QED) is 0.216. The number of likely N-dealkylation sites (N-methyl/N-ethyl adjacent to an activating group) is 1. The van der Waals surface area contributed by atoms with Gasteiger partial charge in [-0.3, -0.25) is 4.79 Å². The molecular formula is C28H44N3O4S+. The molecule has 0 aliphatic carbocycles. The Hall–Kier alpha value is -2.42. The Kier molecular flexibility index (Phi) is 12.4. The van der Waals surface area contributed by atoms with Crippen LogP contribution in [0.1, 0.15) is 69.7 Å². The van der Waals surface area contributed by atoms with E-state index in [0.717, 1.165) is 37.0 Å². The van der Waals surface area contributed by atoms with E-state index in [9.17, 15) is 13.2 Å². The molecule has 2 aromatic rings. The van der Waals surface area contributed by atoms with E-state index < -0.39 is 10.0 Å². The fourth-order valence-electron chi connectivity index (χ4n) is 3.83. The number of hydrogen-bond donors (Lipinski definition) is 2. The number of carbonyl (C=O) groups excluding carboxylic acids is 1. The molecule has 8 heteroatoms. The van der Waals surface area contributed by atoms with Crippen LogP contribution in [-0.4, -0.2) is 58.6 Å². The number of nitrogens with one attached hydrogen (secondary N) is 2. The maximum atomic E-state index is 12.9. The number of anilines is 1. The summed E-state index contributed by atoms with van der Waals surface area (Å²) < 4.78 is 34.7. The van der Waals surface area contributed by atoms with Gasteiger partial charge in [0.1, 0.15) is 5.75 Å². The average molecular weight is 519 g/mol. The van der Waals surface area contributed by atoms with E-state index in [1.54, 1.807) is 30.3 Å². The number of ether oxygens (including phenoxy) is 1. The van der Waals surface area contributed by atoms with Gasteiger partial charge >= 0.3 is 0 Å². The fourth-order valence-corrected chi connectivity index (χ4v) is 4.85. The van der Waals surface area contributed by atoms with Crippen molar-refractivity contribution < 1.29 is 22.4 Å². The van der Waals surface area contributed by atoms with E-state index in [1.807, 2.05) is 6.07 Å². The monoisotopic (exact) mass is 518 g/mol. The van der Waals surface area contributed by atoms with Gasteiger partial charge in [0.15, 0.2) is 0 Å². The minimum absolute atomic E-state index is 0.172. The summed E-state index contributed by atoms with van der Waals surface area (Å²) in [6.07, 6.45) is 7.03. The van der Waals surface area contributed by atoms with Crippen molar-refractivity contribution in [2.45, 2.75) is 64.2 Å². The zero-order chi connectivity index (χ0) is 26.4. The number of amides is 1. The topological polar surface area (TPSA) is 84.5 Å².